The zero-order chi connectivity index (χ0) is 21.5. The molecule has 3 rings (SSSR count). The van der Waals surface area contributed by atoms with E-state index < -0.39 is 0 Å². The van der Waals surface area contributed by atoms with Gasteiger partial charge in [0.2, 0.25) is 5.91 Å². The van der Waals surface area contributed by atoms with Crippen molar-refractivity contribution in [1.82, 2.24) is 24.9 Å². The lowest BCUT2D eigenvalue weighted by molar-refractivity contribution is -0.135. The smallest absolute Gasteiger partial charge is 0.239 e. The molecular formula is C23H44N6O. The Morgan fingerprint density at radius 2 is 1.67 bits per heavy atom. The van der Waals surface area contributed by atoms with E-state index in [1.807, 2.05) is 11.9 Å². The largest absolute Gasteiger partial charge is 0.356 e. The van der Waals surface area contributed by atoms with E-state index in [1.165, 1.54) is 32.5 Å². The molecule has 7 nitrogen and oxygen atoms in total. The van der Waals surface area contributed by atoms with Crippen LogP contribution in [0.25, 0.3) is 0 Å². The summed E-state index contributed by atoms with van der Waals surface area (Å²) in [6, 6.07) is -0.00518. The van der Waals surface area contributed by atoms with Gasteiger partial charge in [-0.2, -0.15) is 0 Å². The molecule has 3 fully saturated rings. The lowest BCUT2D eigenvalue weighted by Gasteiger charge is -2.40. The van der Waals surface area contributed by atoms with Gasteiger partial charge < -0.3 is 20.0 Å². The highest BCUT2D eigenvalue weighted by Gasteiger charge is 2.30. The number of piperazine rings is 1. The minimum absolute atomic E-state index is 0.00518. The van der Waals surface area contributed by atoms with E-state index in [1.54, 1.807) is 0 Å². The summed E-state index contributed by atoms with van der Waals surface area (Å²) in [5.74, 6) is 2.77. The molecule has 0 aromatic heterocycles. The van der Waals surface area contributed by atoms with Crippen LogP contribution in [0, 0.1) is 11.8 Å². The van der Waals surface area contributed by atoms with E-state index >= 15 is 0 Å². The second-order valence-electron chi connectivity index (χ2n) is 9.82. The maximum Gasteiger partial charge on any atom is 0.239 e. The molecule has 0 spiro atoms. The minimum atomic E-state index is -0.00518. The molecule has 3 aliphatic heterocycles. The van der Waals surface area contributed by atoms with Gasteiger partial charge in [0.25, 0.3) is 0 Å². The second-order valence-corrected chi connectivity index (χ2v) is 9.82. The van der Waals surface area contributed by atoms with Crippen molar-refractivity contribution in [1.29, 1.82) is 0 Å². The van der Waals surface area contributed by atoms with Gasteiger partial charge in [0, 0.05) is 66.0 Å². The fourth-order valence-corrected chi connectivity index (χ4v) is 5.25. The van der Waals surface area contributed by atoms with E-state index in [4.69, 9.17) is 0 Å². The van der Waals surface area contributed by atoms with Crippen molar-refractivity contribution >= 4 is 11.9 Å². The van der Waals surface area contributed by atoms with Gasteiger partial charge in [0.05, 0.1) is 6.04 Å². The average molecular weight is 421 g/mol. The summed E-state index contributed by atoms with van der Waals surface area (Å²) in [7, 11) is 1.89. The standard InChI is InChI=1S/C23H44N6O/c1-19(2)17-26-9-7-8-21(18-26)16-25-23(24-4)29-14-12-27(13-15-29)20(3)22(30)28-10-5-6-11-28/h19-21H,5-18H2,1-4H3,(H,24,25). The lowest BCUT2D eigenvalue weighted by atomic mass is 9.97. The number of rotatable bonds is 6. The van der Waals surface area contributed by atoms with E-state index in [2.05, 4.69) is 45.8 Å². The first-order valence-electron chi connectivity index (χ1n) is 12.2. The van der Waals surface area contributed by atoms with Crippen LogP contribution in [0.5, 0.6) is 0 Å². The Bertz CT molecular complexity index is 566. The predicted molar refractivity (Wildman–Crippen MR) is 124 cm³/mol. The molecule has 30 heavy (non-hydrogen) atoms. The first-order chi connectivity index (χ1) is 14.5. The van der Waals surface area contributed by atoms with Crippen LogP contribution in [-0.2, 0) is 4.79 Å². The van der Waals surface area contributed by atoms with E-state index in [0.717, 1.165) is 70.5 Å². The van der Waals surface area contributed by atoms with Crippen LogP contribution in [0.15, 0.2) is 4.99 Å². The van der Waals surface area contributed by atoms with Crippen LogP contribution >= 0.6 is 0 Å². The Hall–Kier alpha value is -1.34. The van der Waals surface area contributed by atoms with Crippen LogP contribution in [0.4, 0.5) is 0 Å². The minimum Gasteiger partial charge on any atom is -0.356 e. The normalized spacial score (nSPS) is 25.8. The summed E-state index contributed by atoms with van der Waals surface area (Å²) in [4.78, 5) is 26.6. The van der Waals surface area contributed by atoms with Crippen molar-refractivity contribution in [2.45, 2.75) is 52.5 Å². The molecule has 0 bridgehead atoms. The first kappa shape index (κ1) is 23.3. The molecular weight excluding hydrogens is 376 g/mol. The van der Waals surface area contributed by atoms with Gasteiger partial charge in [0.1, 0.15) is 0 Å². The van der Waals surface area contributed by atoms with E-state index in [-0.39, 0.29) is 6.04 Å². The van der Waals surface area contributed by atoms with Crippen molar-refractivity contribution < 1.29 is 4.79 Å². The van der Waals surface area contributed by atoms with Crippen LogP contribution in [0.2, 0.25) is 0 Å². The molecule has 2 atom stereocenters. The van der Waals surface area contributed by atoms with Gasteiger partial charge >= 0.3 is 0 Å². The third-order valence-electron chi connectivity index (χ3n) is 6.92. The highest BCUT2D eigenvalue weighted by Crippen LogP contribution is 2.17. The topological polar surface area (TPSA) is 54.4 Å². The quantitative estimate of drug-likeness (QED) is 0.522. The number of guanidine groups is 1. The lowest BCUT2D eigenvalue weighted by Crippen LogP contribution is -2.57. The number of carbonyl (C=O) groups excluding carboxylic acids is 1. The summed E-state index contributed by atoms with van der Waals surface area (Å²) < 4.78 is 0. The highest BCUT2D eigenvalue weighted by molar-refractivity contribution is 5.82. The van der Waals surface area contributed by atoms with E-state index in [0.29, 0.717) is 11.8 Å². The summed E-state index contributed by atoms with van der Waals surface area (Å²) in [6.07, 6.45) is 4.93. The van der Waals surface area contributed by atoms with Crippen LogP contribution in [-0.4, -0.2) is 110 Å². The molecule has 0 aromatic rings. The van der Waals surface area contributed by atoms with Crippen molar-refractivity contribution in [2.75, 3.05) is 72.5 Å². The molecule has 0 aromatic carbocycles. The second kappa shape index (κ2) is 11.3. The van der Waals surface area contributed by atoms with E-state index in [9.17, 15) is 4.79 Å². The van der Waals surface area contributed by atoms with Crippen LogP contribution in [0.3, 0.4) is 0 Å². The highest BCUT2D eigenvalue weighted by atomic mass is 16.2. The number of likely N-dealkylation sites (tertiary alicyclic amines) is 2. The van der Waals surface area contributed by atoms with Crippen LogP contribution < -0.4 is 5.32 Å². The number of piperidine rings is 1. The van der Waals surface area contributed by atoms with Gasteiger partial charge in [-0.25, -0.2) is 0 Å². The summed E-state index contributed by atoms with van der Waals surface area (Å²) >= 11 is 0. The van der Waals surface area contributed by atoms with Crippen molar-refractivity contribution in [3.8, 4) is 0 Å². The van der Waals surface area contributed by atoms with Gasteiger partial charge in [0.15, 0.2) is 5.96 Å². The monoisotopic (exact) mass is 420 g/mol. The number of amides is 1. The molecule has 2 unspecified atom stereocenters. The number of nitrogens with one attached hydrogen (secondary N) is 1. The molecule has 0 aliphatic carbocycles. The Kier molecular flexibility index (Phi) is 8.81. The van der Waals surface area contributed by atoms with Crippen molar-refractivity contribution in [3.05, 3.63) is 0 Å². The Labute approximate surface area is 183 Å². The molecule has 172 valence electrons. The first-order valence-corrected chi connectivity index (χ1v) is 12.2. The molecule has 1 N–H and O–H groups in total. The molecule has 1 amide bonds. The number of carbonyl (C=O) groups is 1. The van der Waals surface area contributed by atoms with Crippen molar-refractivity contribution in [3.63, 3.8) is 0 Å². The Balaban J connectivity index is 1.42. The number of aliphatic imine (C=N–C) groups is 1. The zero-order valence-electron chi connectivity index (χ0n) is 19.8. The van der Waals surface area contributed by atoms with Gasteiger partial charge in [-0.15, -0.1) is 0 Å². The van der Waals surface area contributed by atoms with Crippen LogP contribution in [0.1, 0.15) is 46.5 Å². The van der Waals surface area contributed by atoms with Gasteiger partial charge in [-0.3, -0.25) is 14.7 Å². The van der Waals surface area contributed by atoms with Gasteiger partial charge in [-0.05, 0) is 51.0 Å². The Morgan fingerprint density at radius 3 is 2.30 bits per heavy atom. The molecule has 7 heteroatoms. The summed E-state index contributed by atoms with van der Waals surface area (Å²) in [5, 5.41) is 3.65. The fourth-order valence-electron chi connectivity index (χ4n) is 5.25. The summed E-state index contributed by atoms with van der Waals surface area (Å²) in [6.45, 7) is 17.0. The third-order valence-corrected chi connectivity index (χ3v) is 6.92. The zero-order valence-corrected chi connectivity index (χ0v) is 19.8. The molecule has 3 heterocycles. The number of hydrogen-bond acceptors (Lipinski definition) is 4. The predicted octanol–water partition coefficient (Wildman–Crippen LogP) is 1.56. The number of hydrogen-bond donors (Lipinski definition) is 1. The van der Waals surface area contributed by atoms with Gasteiger partial charge in [-0.1, -0.05) is 13.8 Å². The molecule has 0 radical (unpaired) electrons. The molecule has 3 aliphatic rings. The third kappa shape index (κ3) is 6.33. The summed E-state index contributed by atoms with van der Waals surface area (Å²) in [5.41, 5.74) is 0. The Morgan fingerprint density at radius 1 is 0.967 bits per heavy atom. The fraction of sp³-hybridized carbons (Fsp3) is 0.913. The van der Waals surface area contributed by atoms with Crippen molar-refractivity contribution in [2.24, 2.45) is 16.8 Å². The molecule has 0 saturated carbocycles. The average Bonchev–Trinajstić information content (AvgIpc) is 3.28. The molecule has 3 saturated heterocycles. The number of nitrogens with zero attached hydrogens (tertiary/aromatic N) is 5. The SMILES string of the molecule is CN=C(NCC1CCCN(CC(C)C)C1)N1CCN(C(C)C(=O)N2CCCC2)CC1. The maximum atomic E-state index is 12.7. The maximum absolute atomic E-state index is 12.7.